The van der Waals surface area contributed by atoms with E-state index in [2.05, 4.69) is 15.4 Å². The van der Waals surface area contributed by atoms with Gasteiger partial charge in [-0.05, 0) is 12.1 Å². The van der Waals surface area contributed by atoms with Crippen LogP contribution in [0.2, 0.25) is 0 Å². The minimum atomic E-state index is 0.852. The quantitative estimate of drug-likeness (QED) is 0.724. The SMILES string of the molecule is CC.CNc1ncnn2cccc12. The van der Waals surface area contributed by atoms with E-state index < -0.39 is 0 Å². The van der Waals surface area contributed by atoms with Gasteiger partial charge in [-0.2, -0.15) is 5.10 Å². The number of hydrogen-bond donors (Lipinski definition) is 1. The Morgan fingerprint density at radius 2 is 2.15 bits per heavy atom. The molecular weight excluding hydrogens is 164 g/mol. The number of nitrogens with one attached hydrogen (secondary N) is 1. The molecule has 13 heavy (non-hydrogen) atoms. The highest BCUT2D eigenvalue weighted by molar-refractivity contribution is 5.66. The molecule has 0 radical (unpaired) electrons. The maximum Gasteiger partial charge on any atom is 0.153 e. The summed E-state index contributed by atoms with van der Waals surface area (Å²) in [6.45, 7) is 4.00. The Labute approximate surface area is 77.6 Å². The van der Waals surface area contributed by atoms with Crippen LogP contribution >= 0.6 is 0 Å². The first-order chi connectivity index (χ1) is 6.42. The van der Waals surface area contributed by atoms with Crippen LogP contribution in [-0.4, -0.2) is 21.6 Å². The minimum Gasteiger partial charge on any atom is -0.371 e. The molecule has 4 heteroatoms. The van der Waals surface area contributed by atoms with E-state index in [1.54, 1.807) is 4.52 Å². The average molecular weight is 178 g/mol. The maximum atomic E-state index is 4.05. The van der Waals surface area contributed by atoms with E-state index in [0.717, 1.165) is 11.3 Å². The van der Waals surface area contributed by atoms with E-state index in [-0.39, 0.29) is 0 Å². The van der Waals surface area contributed by atoms with Crippen molar-refractivity contribution in [3.05, 3.63) is 24.7 Å². The van der Waals surface area contributed by atoms with Gasteiger partial charge in [0, 0.05) is 13.2 Å². The molecule has 0 spiro atoms. The van der Waals surface area contributed by atoms with Crippen LogP contribution in [0.3, 0.4) is 0 Å². The van der Waals surface area contributed by atoms with Gasteiger partial charge in [0.2, 0.25) is 0 Å². The van der Waals surface area contributed by atoms with Crippen LogP contribution in [0.4, 0.5) is 5.82 Å². The number of anilines is 1. The standard InChI is InChI=1S/C7H8N4.C2H6/c1-8-7-6-3-2-4-11(6)10-5-9-7;1-2/h2-5H,1H3,(H,8,9,10);1-2H3. The lowest BCUT2D eigenvalue weighted by Crippen LogP contribution is -1.98. The molecule has 0 atom stereocenters. The molecule has 0 saturated carbocycles. The molecule has 2 rings (SSSR count). The van der Waals surface area contributed by atoms with E-state index >= 15 is 0 Å². The molecule has 4 nitrogen and oxygen atoms in total. The number of aromatic nitrogens is 3. The summed E-state index contributed by atoms with van der Waals surface area (Å²) in [5.74, 6) is 0.852. The van der Waals surface area contributed by atoms with Crippen molar-refractivity contribution in [2.45, 2.75) is 13.8 Å². The average Bonchev–Trinajstić information content (AvgIpc) is 2.68. The summed E-state index contributed by atoms with van der Waals surface area (Å²) in [4.78, 5) is 4.05. The Hall–Kier alpha value is -1.58. The molecule has 0 bridgehead atoms. The lowest BCUT2D eigenvalue weighted by molar-refractivity contribution is 0.905. The van der Waals surface area contributed by atoms with Gasteiger partial charge < -0.3 is 5.32 Å². The molecule has 0 aromatic carbocycles. The number of nitrogens with zero attached hydrogens (tertiary/aromatic N) is 3. The smallest absolute Gasteiger partial charge is 0.153 e. The van der Waals surface area contributed by atoms with Crippen molar-refractivity contribution in [3.63, 3.8) is 0 Å². The summed E-state index contributed by atoms with van der Waals surface area (Å²) in [6, 6.07) is 3.90. The summed E-state index contributed by atoms with van der Waals surface area (Å²) in [5.41, 5.74) is 0.995. The Morgan fingerprint density at radius 1 is 1.38 bits per heavy atom. The van der Waals surface area contributed by atoms with Crippen molar-refractivity contribution in [1.82, 2.24) is 14.6 Å². The third-order valence-corrected chi connectivity index (χ3v) is 1.57. The highest BCUT2D eigenvalue weighted by Gasteiger charge is 1.98. The molecule has 0 amide bonds. The van der Waals surface area contributed by atoms with Crippen LogP contribution < -0.4 is 5.32 Å². The van der Waals surface area contributed by atoms with Crippen LogP contribution in [0.25, 0.3) is 5.52 Å². The zero-order chi connectivity index (χ0) is 9.68. The first-order valence-electron chi connectivity index (χ1n) is 4.38. The molecule has 2 heterocycles. The summed E-state index contributed by atoms with van der Waals surface area (Å²) in [6.07, 6.45) is 3.41. The monoisotopic (exact) mass is 178 g/mol. The Bertz CT molecular complexity index is 366. The number of hydrogen-bond acceptors (Lipinski definition) is 3. The molecule has 1 N–H and O–H groups in total. The van der Waals surface area contributed by atoms with E-state index in [9.17, 15) is 0 Å². The molecule has 0 aliphatic carbocycles. The second-order valence-electron chi connectivity index (χ2n) is 2.20. The lowest BCUT2D eigenvalue weighted by atomic mass is 10.5. The van der Waals surface area contributed by atoms with Crippen LogP contribution in [-0.2, 0) is 0 Å². The normalized spacial score (nSPS) is 9.15. The van der Waals surface area contributed by atoms with Gasteiger partial charge in [-0.25, -0.2) is 9.50 Å². The third-order valence-electron chi connectivity index (χ3n) is 1.57. The fourth-order valence-corrected chi connectivity index (χ4v) is 1.06. The van der Waals surface area contributed by atoms with Crippen molar-refractivity contribution in [1.29, 1.82) is 0 Å². The summed E-state index contributed by atoms with van der Waals surface area (Å²) in [5, 5.41) is 7.00. The second-order valence-corrected chi connectivity index (χ2v) is 2.20. The van der Waals surface area contributed by atoms with Crippen LogP contribution in [0, 0.1) is 0 Å². The van der Waals surface area contributed by atoms with Crippen molar-refractivity contribution in [2.75, 3.05) is 12.4 Å². The van der Waals surface area contributed by atoms with Crippen molar-refractivity contribution in [2.24, 2.45) is 0 Å². The molecular formula is C9H14N4. The molecule has 2 aromatic rings. The molecule has 0 aliphatic rings. The highest BCUT2D eigenvalue weighted by Crippen LogP contribution is 2.10. The molecule has 0 unspecified atom stereocenters. The van der Waals surface area contributed by atoms with Gasteiger partial charge >= 0.3 is 0 Å². The van der Waals surface area contributed by atoms with Crippen molar-refractivity contribution >= 4 is 11.3 Å². The topological polar surface area (TPSA) is 42.2 Å². The Balaban J connectivity index is 0.000000396. The first-order valence-corrected chi connectivity index (χ1v) is 4.38. The number of rotatable bonds is 1. The van der Waals surface area contributed by atoms with Gasteiger partial charge in [-0.15, -0.1) is 0 Å². The van der Waals surface area contributed by atoms with E-state index in [0.29, 0.717) is 0 Å². The minimum absolute atomic E-state index is 0.852. The molecule has 0 fully saturated rings. The van der Waals surface area contributed by atoms with E-state index in [1.807, 2.05) is 39.2 Å². The second kappa shape index (κ2) is 4.45. The molecule has 0 saturated heterocycles. The van der Waals surface area contributed by atoms with Gasteiger partial charge in [0.1, 0.15) is 11.8 Å². The fourth-order valence-electron chi connectivity index (χ4n) is 1.06. The van der Waals surface area contributed by atoms with Gasteiger partial charge in [0.15, 0.2) is 5.82 Å². The van der Waals surface area contributed by atoms with Crippen molar-refractivity contribution in [3.8, 4) is 0 Å². The molecule has 2 aromatic heterocycles. The largest absolute Gasteiger partial charge is 0.371 e. The van der Waals surface area contributed by atoms with Crippen LogP contribution in [0.1, 0.15) is 13.8 Å². The van der Waals surface area contributed by atoms with Gasteiger partial charge in [0.25, 0.3) is 0 Å². The first kappa shape index (κ1) is 9.51. The maximum absolute atomic E-state index is 4.05. The summed E-state index contributed by atoms with van der Waals surface area (Å²) < 4.78 is 1.78. The van der Waals surface area contributed by atoms with Crippen molar-refractivity contribution < 1.29 is 0 Å². The highest BCUT2D eigenvalue weighted by atomic mass is 15.2. The zero-order valence-corrected chi connectivity index (χ0v) is 8.15. The summed E-state index contributed by atoms with van der Waals surface area (Å²) in [7, 11) is 1.84. The van der Waals surface area contributed by atoms with Crippen LogP contribution in [0.15, 0.2) is 24.7 Å². The van der Waals surface area contributed by atoms with Gasteiger partial charge in [-0.3, -0.25) is 0 Å². The number of fused-ring (bicyclic) bond motifs is 1. The predicted octanol–water partition coefficient (Wildman–Crippen LogP) is 1.80. The summed E-state index contributed by atoms with van der Waals surface area (Å²) >= 11 is 0. The van der Waals surface area contributed by atoms with Gasteiger partial charge in [-0.1, -0.05) is 13.8 Å². The lowest BCUT2D eigenvalue weighted by Gasteiger charge is -1.99. The van der Waals surface area contributed by atoms with Crippen LogP contribution in [0.5, 0.6) is 0 Å². The Kier molecular flexibility index (Phi) is 3.25. The predicted molar refractivity (Wildman–Crippen MR) is 53.9 cm³/mol. The molecule has 0 aliphatic heterocycles. The van der Waals surface area contributed by atoms with E-state index in [4.69, 9.17) is 0 Å². The zero-order valence-electron chi connectivity index (χ0n) is 8.15. The molecule has 70 valence electrons. The Morgan fingerprint density at radius 3 is 2.85 bits per heavy atom. The third kappa shape index (κ3) is 1.77. The van der Waals surface area contributed by atoms with E-state index in [1.165, 1.54) is 6.33 Å². The fraction of sp³-hybridized carbons (Fsp3) is 0.333. The van der Waals surface area contributed by atoms with Gasteiger partial charge in [0.05, 0.1) is 0 Å².